The van der Waals surface area contributed by atoms with E-state index in [1.54, 1.807) is 0 Å². The van der Waals surface area contributed by atoms with Gasteiger partial charge in [-0.15, -0.1) is 11.3 Å². The minimum absolute atomic E-state index is 0.200. The molecule has 20 heavy (non-hydrogen) atoms. The molecule has 2 aromatic rings. The SMILES string of the molecule is CCOC(=O)c1sc2ccc(N3CCCC3)cc2c1C. The van der Waals surface area contributed by atoms with Crippen LogP contribution in [0.25, 0.3) is 10.1 Å². The summed E-state index contributed by atoms with van der Waals surface area (Å²) < 4.78 is 6.29. The van der Waals surface area contributed by atoms with Crippen LogP contribution in [0.1, 0.15) is 35.0 Å². The molecule has 0 N–H and O–H groups in total. The van der Waals surface area contributed by atoms with Gasteiger partial charge in [-0.2, -0.15) is 0 Å². The molecule has 1 aliphatic heterocycles. The first kappa shape index (κ1) is 13.4. The Morgan fingerprint density at radius 1 is 1.35 bits per heavy atom. The molecule has 0 aliphatic carbocycles. The second kappa shape index (κ2) is 5.44. The van der Waals surface area contributed by atoms with E-state index in [-0.39, 0.29) is 5.97 Å². The third kappa shape index (κ3) is 2.29. The first-order chi connectivity index (χ1) is 9.70. The van der Waals surface area contributed by atoms with Crippen LogP contribution in [0.5, 0.6) is 0 Å². The molecule has 3 nitrogen and oxygen atoms in total. The van der Waals surface area contributed by atoms with Crippen molar-refractivity contribution in [2.75, 3.05) is 24.6 Å². The van der Waals surface area contributed by atoms with E-state index in [2.05, 4.69) is 23.1 Å². The van der Waals surface area contributed by atoms with Gasteiger partial charge >= 0.3 is 5.97 Å². The third-order valence-electron chi connectivity index (χ3n) is 3.85. The Labute approximate surface area is 123 Å². The number of anilines is 1. The molecule has 0 radical (unpaired) electrons. The van der Waals surface area contributed by atoms with Crippen LogP contribution in [-0.2, 0) is 4.74 Å². The fraction of sp³-hybridized carbons (Fsp3) is 0.438. The molecule has 106 valence electrons. The topological polar surface area (TPSA) is 29.5 Å². The Bertz CT molecular complexity index is 641. The number of esters is 1. The summed E-state index contributed by atoms with van der Waals surface area (Å²) in [7, 11) is 0. The second-order valence-electron chi connectivity index (χ2n) is 5.15. The lowest BCUT2D eigenvalue weighted by Crippen LogP contribution is -2.17. The molecule has 2 heterocycles. The fourth-order valence-electron chi connectivity index (χ4n) is 2.77. The zero-order valence-corrected chi connectivity index (χ0v) is 12.8. The number of rotatable bonds is 3. The lowest BCUT2D eigenvalue weighted by molar-refractivity contribution is 0.0531. The van der Waals surface area contributed by atoms with E-state index in [4.69, 9.17) is 4.74 Å². The van der Waals surface area contributed by atoms with E-state index in [0.717, 1.165) is 28.2 Å². The van der Waals surface area contributed by atoms with Gasteiger partial charge in [0, 0.05) is 23.5 Å². The molecular weight excluding hydrogens is 270 g/mol. The predicted octanol–water partition coefficient (Wildman–Crippen LogP) is 3.99. The Hall–Kier alpha value is -1.55. The number of nitrogens with zero attached hydrogens (tertiary/aromatic N) is 1. The highest BCUT2D eigenvalue weighted by molar-refractivity contribution is 7.21. The van der Waals surface area contributed by atoms with Gasteiger partial charge in [0.1, 0.15) is 4.88 Å². The summed E-state index contributed by atoms with van der Waals surface area (Å²) in [4.78, 5) is 15.1. The molecule has 0 amide bonds. The van der Waals surface area contributed by atoms with Crippen LogP contribution >= 0.6 is 11.3 Å². The van der Waals surface area contributed by atoms with Crippen LogP contribution < -0.4 is 4.90 Å². The van der Waals surface area contributed by atoms with E-state index in [1.807, 2.05) is 13.8 Å². The number of thiophene rings is 1. The van der Waals surface area contributed by atoms with Crippen LogP contribution in [0.4, 0.5) is 5.69 Å². The van der Waals surface area contributed by atoms with Crippen molar-refractivity contribution in [3.63, 3.8) is 0 Å². The van der Waals surface area contributed by atoms with E-state index in [9.17, 15) is 4.79 Å². The summed E-state index contributed by atoms with van der Waals surface area (Å²) in [5.41, 5.74) is 2.32. The van der Waals surface area contributed by atoms with Gasteiger partial charge in [0.15, 0.2) is 0 Å². The molecular formula is C16H19NO2S. The molecule has 0 bridgehead atoms. The average molecular weight is 289 g/mol. The van der Waals surface area contributed by atoms with Crippen LogP contribution in [0.15, 0.2) is 18.2 Å². The first-order valence-corrected chi connectivity index (χ1v) is 7.97. The molecule has 1 aromatic carbocycles. The lowest BCUT2D eigenvalue weighted by atomic mass is 10.1. The van der Waals surface area contributed by atoms with Crippen molar-refractivity contribution in [2.45, 2.75) is 26.7 Å². The molecule has 0 saturated carbocycles. The number of aryl methyl sites for hydroxylation is 1. The lowest BCUT2D eigenvalue weighted by Gasteiger charge is -2.17. The first-order valence-electron chi connectivity index (χ1n) is 7.16. The number of carbonyl (C=O) groups excluding carboxylic acids is 1. The zero-order valence-electron chi connectivity index (χ0n) is 11.9. The molecule has 3 rings (SSSR count). The summed E-state index contributed by atoms with van der Waals surface area (Å²) in [6, 6.07) is 6.51. The number of hydrogen-bond donors (Lipinski definition) is 0. The van der Waals surface area contributed by atoms with Gasteiger partial charge in [-0.3, -0.25) is 0 Å². The highest BCUT2D eigenvalue weighted by Gasteiger charge is 2.18. The summed E-state index contributed by atoms with van der Waals surface area (Å²) in [6.45, 7) is 6.55. The highest BCUT2D eigenvalue weighted by atomic mass is 32.1. The predicted molar refractivity (Wildman–Crippen MR) is 84.0 cm³/mol. The largest absolute Gasteiger partial charge is 0.462 e. The smallest absolute Gasteiger partial charge is 0.348 e. The Balaban J connectivity index is 2.01. The maximum atomic E-state index is 12.0. The van der Waals surface area contributed by atoms with Gasteiger partial charge in [0.2, 0.25) is 0 Å². The van der Waals surface area contributed by atoms with Gasteiger partial charge in [-0.05, 0) is 55.8 Å². The maximum absolute atomic E-state index is 12.0. The number of carbonyl (C=O) groups is 1. The van der Waals surface area contributed by atoms with Gasteiger partial charge in [-0.1, -0.05) is 0 Å². The number of hydrogen-bond acceptors (Lipinski definition) is 4. The minimum Gasteiger partial charge on any atom is -0.462 e. The van der Waals surface area contributed by atoms with Gasteiger partial charge in [0.25, 0.3) is 0 Å². The molecule has 4 heteroatoms. The summed E-state index contributed by atoms with van der Waals surface area (Å²) in [6.07, 6.45) is 2.55. The highest BCUT2D eigenvalue weighted by Crippen LogP contribution is 2.34. The standard InChI is InChI=1S/C16H19NO2S/c1-3-19-16(18)15-11(2)13-10-12(6-7-14(13)20-15)17-8-4-5-9-17/h6-7,10H,3-5,8-9H2,1-2H3. The Morgan fingerprint density at radius 2 is 2.10 bits per heavy atom. The van der Waals surface area contributed by atoms with Crippen LogP contribution in [-0.4, -0.2) is 25.7 Å². The maximum Gasteiger partial charge on any atom is 0.348 e. The Kier molecular flexibility index (Phi) is 3.66. The van der Waals surface area contributed by atoms with E-state index < -0.39 is 0 Å². The van der Waals surface area contributed by atoms with Crippen molar-refractivity contribution in [3.05, 3.63) is 28.6 Å². The molecule has 1 saturated heterocycles. The molecule has 1 fully saturated rings. The van der Waals surface area contributed by atoms with Crippen molar-refractivity contribution >= 4 is 33.1 Å². The van der Waals surface area contributed by atoms with Crippen LogP contribution in [0.3, 0.4) is 0 Å². The van der Waals surface area contributed by atoms with Crippen LogP contribution in [0, 0.1) is 6.92 Å². The summed E-state index contributed by atoms with van der Waals surface area (Å²) >= 11 is 1.53. The third-order valence-corrected chi connectivity index (χ3v) is 5.10. The molecule has 0 atom stereocenters. The van der Waals surface area contributed by atoms with Gasteiger partial charge in [0.05, 0.1) is 6.61 Å². The molecule has 1 aliphatic rings. The summed E-state index contributed by atoms with van der Waals surface area (Å²) in [5.74, 6) is -0.200. The van der Waals surface area contributed by atoms with Crippen molar-refractivity contribution in [1.29, 1.82) is 0 Å². The normalized spacial score (nSPS) is 15.0. The molecule has 1 aromatic heterocycles. The second-order valence-corrected chi connectivity index (χ2v) is 6.20. The van der Waals surface area contributed by atoms with E-state index in [0.29, 0.717) is 6.61 Å². The van der Waals surface area contributed by atoms with Crippen molar-refractivity contribution in [3.8, 4) is 0 Å². The fourth-order valence-corrected chi connectivity index (χ4v) is 3.86. The molecule has 0 spiro atoms. The quantitative estimate of drug-likeness (QED) is 0.800. The molecule has 0 unspecified atom stereocenters. The monoisotopic (exact) mass is 289 g/mol. The number of ether oxygens (including phenoxy) is 1. The van der Waals surface area contributed by atoms with Gasteiger partial charge < -0.3 is 9.64 Å². The number of benzene rings is 1. The van der Waals surface area contributed by atoms with Crippen molar-refractivity contribution in [1.82, 2.24) is 0 Å². The van der Waals surface area contributed by atoms with Crippen molar-refractivity contribution in [2.24, 2.45) is 0 Å². The van der Waals surface area contributed by atoms with E-state index in [1.165, 1.54) is 35.3 Å². The van der Waals surface area contributed by atoms with Gasteiger partial charge in [-0.25, -0.2) is 4.79 Å². The minimum atomic E-state index is -0.200. The van der Waals surface area contributed by atoms with Crippen LogP contribution in [0.2, 0.25) is 0 Å². The average Bonchev–Trinajstić information content (AvgIpc) is 3.07. The Morgan fingerprint density at radius 3 is 2.80 bits per heavy atom. The van der Waals surface area contributed by atoms with E-state index >= 15 is 0 Å². The summed E-state index contributed by atoms with van der Waals surface area (Å²) in [5, 5.41) is 1.18. The zero-order chi connectivity index (χ0) is 14.1. The van der Waals surface area contributed by atoms with Crippen molar-refractivity contribution < 1.29 is 9.53 Å². The number of fused-ring (bicyclic) bond motifs is 1.